The molecule has 0 unspecified atom stereocenters. The van der Waals surface area contributed by atoms with Gasteiger partial charge in [-0.2, -0.15) is 0 Å². The minimum atomic E-state index is -3.89. The van der Waals surface area contributed by atoms with Crippen LogP contribution in [-0.4, -0.2) is 20.9 Å². The Kier molecular flexibility index (Phi) is 7.97. The molecule has 0 radical (unpaired) electrons. The van der Waals surface area contributed by atoms with Gasteiger partial charge < -0.3 is 4.74 Å². The number of rotatable bonds is 7. The zero-order chi connectivity index (χ0) is 22.7. The van der Waals surface area contributed by atoms with Crippen molar-refractivity contribution >= 4 is 39.2 Å². The highest BCUT2D eigenvalue weighted by molar-refractivity contribution is 7.89. The van der Waals surface area contributed by atoms with Gasteiger partial charge in [-0.1, -0.05) is 82.1 Å². The molecule has 8 heteroatoms. The van der Waals surface area contributed by atoms with Gasteiger partial charge in [0.1, 0.15) is 11.5 Å². The fourth-order valence-corrected chi connectivity index (χ4v) is 4.64. The van der Waals surface area contributed by atoms with Gasteiger partial charge >= 0.3 is 5.97 Å². The van der Waals surface area contributed by atoms with Crippen LogP contribution in [0.2, 0.25) is 10.0 Å². The summed E-state index contributed by atoms with van der Waals surface area (Å²) in [6.45, 7) is 10.4. The average Bonchev–Trinajstić information content (AvgIpc) is 2.64. The molecule has 0 saturated carbocycles. The van der Waals surface area contributed by atoms with Crippen LogP contribution >= 0.6 is 23.2 Å². The molecular formula is C22H27Cl2NO4S. The van der Waals surface area contributed by atoms with Crippen molar-refractivity contribution in [2.24, 2.45) is 5.92 Å². The number of carbonyl (C=O) groups is 1. The van der Waals surface area contributed by atoms with Crippen LogP contribution in [0, 0.1) is 5.92 Å². The van der Waals surface area contributed by atoms with E-state index in [2.05, 4.69) is 25.5 Å². The number of sulfonamides is 1. The van der Waals surface area contributed by atoms with Crippen molar-refractivity contribution < 1.29 is 17.9 Å². The van der Waals surface area contributed by atoms with Crippen molar-refractivity contribution in [3.8, 4) is 0 Å². The van der Waals surface area contributed by atoms with Gasteiger partial charge in [-0.05, 0) is 34.6 Å². The maximum absolute atomic E-state index is 12.6. The van der Waals surface area contributed by atoms with Gasteiger partial charge in [0.2, 0.25) is 10.0 Å². The molecule has 0 aromatic heterocycles. The zero-order valence-electron chi connectivity index (χ0n) is 17.8. The molecule has 0 aliphatic carbocycles. The Labute approximate surface area is 188 Å². The molecule has 0 saturated heterocycles. The Morgan fingerprint density at radius 3 is 2.20 bits per heavy atom. The van der Waals surface area contributed by atoms with E-state index >= 15 is 0 Å². The van der Waals surface area contributed by atoms with E-state index in [-0.39, 0.29) is 45.0 Å². The minimum absolute atomic E-state index is 0.0240. The maximum atomic E-state index is 12.6. The van der Waals surface area contributed by atoms with Crippen LogP contribution in [0.25, 0.3) is 0 Å². The average molecular weight is 472 g/mol. The number of esters is 1. The van der Waals surface area contributed by atoms with Gasteiger partial charge in [0.15, 0.2) is 0 Å². The second-order valence-corrected chi connectivity index (χ2v) is 11.1. The summed E-state index contributed by atoms with van der Waals surface area (Å²) >= 11 is 12.2. The minimum Gasteiger partial charge on any atom is -0.457 e. The molecule has 2 rings (SSSR count). The highest BCUT2D eigenvalue weighted by Gasteiger charge is 2.23. The molecule has 30 heavy (non-hydrogen) atoms. The Morgan fingerprint density at radius 2 is 1.67 bits per heavy atom. The molecule has 0 aliphatic rings. The number of carbonyl (C=O) groups excluding carboxylic acids is 1. The lowest BCUT2D eigenvalue weighted by atomic mass is 9.87. The molecule has 164 valence electrons. The van der Waals surface area contributed by atoms with Gasteiger partial charge in [-0.15, -0.1) is 0 Å². The predicted molar refractivity (Wildman–Crippen MR) is 121 cm³/mol. The number of halogens is 2. The SMILES string of the molecule is CC(C)CNS(=O)(=O)c1cc(C(=O)OCc2ccc(C(C)(C)C)cc2)c(Cl)cc1Cl. The molecule has 0 aliphatic heterocycles. The largest absolute Gasteiger partial charge is 0.457 e. The molecule has 2 aromatic rings. The van der Waals surface area contributed by atoms with Crippen LogP contribution < -0.4 is 4.72 Å². The Hall–Kier alpha value is -1.60. The Balaban J connectivity index is 2.19. The lowest BCUT2D eigenvalue weighted by Gasteiger charge is -2.19. The van der Waals surface area contributed by atoms with Gasteiger partial charge in [-0.3, -0.25) is 0 Å². The van der Waals surface area contributed by atoms with E-state index in [1.807, 2.05) is 38.1 Å². The maximum Gasteiger partial charge on any atom is 0.340 e. The summed E-state index contributed by atoms with van der Waals surface area (Å²) in [6, 6.07) is 10.2. The third-order valence-electron chi connectivity index (χ3n) is 4.40. The molecule has 0 amide bonds. The van der Waals surface area contributed by atoms with Crippen molar-refractivity contribution in [1.29, 1.82) is 0 Å². The molecule has 1 N–H and O–H groups in total. The Morgan fingerprint density at radius 1 is 1.07 bits per heavy atom. The second-order valence-electron chi connectivity index (χ2n) is 8.53. The van der Waals surface area contributed by atoms with Crippen LogP contribution in [0.15, 0.2) is 41.3 Å². The summed E-state index contributed by atoms with van der Waals surface area (Å²) in [5.74, 6) is -0.614. The van der Waals surface area contributed by atoms with E-state index in [9.17, 15) is 13.2 Å². The van der Waals surface area contributed by atoms with Crippen molar-refractivity contribution in [3.05, 3.63) is 63.1 Å². The van der Waals surface area contributed by atoms with Gasteiger partial charge in [0.25, 0.3) is 0 Å². The first kappa shape index (κ1) is 24.7. The van der Waals surface area contributed by atoms with Gasteiger partial charge in [0.05, 0.1) is 15.6 Å². The summed E-state index contributed by atoms with van der Waals surface area (Å²) in [4.78, 5) is 12.3. The summed E-state index contributed by atoms with van der Waals surface area (Å²) in [5.41, 5.74) is 1.95. The molecule has 5 nitrogen and oxygen atoms in total. The summed E-state index contributed by atoms with van der Waals surface area (Å²) in [6.07, 6.45) is 0. The second kappa shape index (κ2) is 9.69. The first-order valence-electron chi connectivity index (χ1n) is 9.56. The molecule has 0 atom stereocenters. The first-order valence-corrected chi connectivity index (χ1v) is 11.8. The normalized spacial score (nSPS) is 12.3. The number of benzene rings is 2. The van der Waals surface area contributed by atoms with E-state index in [0.717, 1.165) is 11.6 Å². The molecular weight excluding hydrogens is 445 g/mol. The van der Waals surface area contributed by atoms with Crippen LogP contribution in [-0.2, 0) is 26.8 Å². The standard InChI is InChI=1S/C22H27Cl2NO4S/c1-14(2)12-25-30(27,28)20-10-17(18(23)11-19(20)24)21(26)29-13-15-6-8-16(9-7-15)22(3,4)5/h6-11,14,25H,12-13H2,1-5H3. The number of hydrogen-bond donors (Lipinski definition) is 1. The van der Waals surface area contributed by atoms with Gasteiger partial charge in [0, 0.05) is 6.54 Å². The summed E-state index contributed by atoms with van der Waals surface area (Å²) in [5, 5.41) is -0.0403. The summed E-state index contributed by atoms with van der Waals surface area (Å²) < 4.78 is 32.9. The van der Waals surface area contributed by atoms with Crippen LogP contribution in [0.4, 0.5) is 0 Å². The molecule has 2 aromatic carbocycles. The van der Waals surface area contributed by atoms with E-state index in [0.29, 0.717) is 0 Å². The van der Waals surface area contributed by atoms with E-state index in [4.69, 9.17) is 27.9 Å². The molecule has 0 heterocycles. The zero-order valence-corrected chi connectivity index (χ0v) is 20.1. The molecule has 0 fully saturated rings. The first-order chi connectivity index (χ1) is 13.8. The lowest BCUT2D eigenvalue weighted by molar-refractivity contribution is 0.0472. The predicted octanol–water partition coefficient (Wildman–Crippen LogP) is 5.58. The van der Waals surface area contributed by atoms with Gasteiger partial charge in [-0.25, -0.2) is 17.9 Å². The van der Waals surface area contributed by atoms with E-state index < -0.39 is 16.0 Å². The third kappa shape index (κ3) is 6.45. The van der Waals surface area contributed by atoms with Crippen molar-refractivity contribution in [3.63, 3.8) is 0 Å². The fraction of sp³-hybridized carbons (Fsp3) is 0.409. The van der Waals surface area contributed by atoms with Crippen LogP contribution in [0.5, 0.6) is 0 Å². The van der Waals surface area contributed by atoms with E-state index in [1.54, 1.807) is 0 Å². The highest BCUT2D eigenvalue weighted by atomic mass is 35.5. The van der Waals surface area contributed by atoms with Crippen molar-refractivity contribution in [2.45, 2.75) is 51.5 Å². The van der Waals surface area contributed by atoms with Crippen molar-refractivity contribution in [2.75, 3.05) is 6.54 Å². The van der Waals surface area contributed by atoms with Crippen LogP contribution in [0.1, 0.15) is 56.1 Å². The lowest BCUT2D eigenvalue weighted by Crippen LogP contribution is -2.28. The quantitative estimate of drug-likeness (QED) is 0.534. The smallest absolute Gasteiger partial charge is 0.340 e. The van der Waals surface area contributed by atoms with Crippen molar-refractivity contribution in [1.82, 2.24) is 4.72 Å². The van der Waals surface area contributed by atoms with E-state index in [1.165, 1.54) is 11.6 Å². The summed E-state index contributed by atoms with van der Waals surface area (Å²) in [7, 11) is -3.89. The monoisotopic (exact) mass is 471 g/mol. The number of ether oxygens (including phenoxy) is 1. The fourth-order valence-electron chi connectivity index (χ4n) is 2.57. The Bertz CT molecular complexity index is 1010. The topological polar surface area (TPSA) is 72.5 Å². The third-order valence-corrected chi connectivity index (χ3v) is 6.60. The number of hydrogen-bond acceptors (Lipinski definition) is 4. The number of nitrogens with one attached hydrogen (secondary N) is 1. The van der Waals surface area contributed by atoms with Crippen LogP contribution in [0.3, 0.4) is 0 Å². The molecule has 0 bridgehead atoms. The highest BCUT2D eigenvalue weighted by Crippen LogP contribution is 2.29. The molecule has 0 spiro atoms.